The van der Waals surface area contributed by atoms with Gasteiger partial charge in [0.1, 0.15) is 11.4 Å². The van der Waals surface area contributed by atoms with Gasteiger partial charge in [-0.3, -0.25) is 0 Å². The number of hydroxylamine groups is 1. The summed E-state index contributed by atoms with van der Waals surface area (Å²) in [7, 11) is 0. The van der Waals surface area contributed by atoms with Crippen molar-refractivity contribution in [3.05, 3.63) is 0 Å². The first-order valence-corrected chi connectivity index (χ1v) is 5.72. The molecule has 0 fully saturated rings. The van der Waals surface area contributed by atoms with Gasteiger partial charge in [0, 0.05) is 6.04 Å². The minimum atomic E-state index is -2.46. The van der Waals surface area contributed by atoms with E-state index in [1.54, 1.807) is 0 Å². The minimum absolute atomic E-state index is 0.155. The molecule has 0 radical (unpaired) electrons. The first kappa shape index (κ1) is 13.0. The fourth-order valence-corrected chi connectivity index (χ4v) is 1.38. The van der Waals surface area contributed by atoms with E-state index in [9.17, 15) is 8.76 Å². The van der Waals surface area contributed by atoms with Gasteiger partial charge >= 0.3 is 0 Å². The molecule has 2 atom stereocenters. The zero-order valence-electron chi connectivity index (χ0n) is 8.25. The molecule has 5 heteroatoms. The second-order valence-corrected chi connectivity index (χ2v) is 3.61. The summed E-state index contributed by atoms with van der Waals surface area (Å²) in [6, 6.07) is 0.155. The van der Waals surface area contributed by atoms with Crippen LogP contribution in [0, 0.1) is 0 Å². The second-order valence-electron chi connectivity index (χ2n) is 3.03. The lowest BCUT2D eigenvalue weighted by atomic mass is 10.1. The Kier molecular flexibility index (Phi) is 8.64. The molecular weight excluding hydrogens is 190 g/mol. The molecule has 13 heavy (non-hydrogen) atoms. The van der Waals surface area contributed by atoms with Gasteiger partial charge < -0.3 is 4.55 Å². The maximum atomic E-state index is 10.1. The fourth-order valence-electron chi connectivity index (χ4n) is 1.17. The van der Waals surface area contributed by atoms with Crippen molar-refractivity contribution in [2.45, 2.75) is 52.0 Å². The molecule has 0 aliphatic heterocycles. The Hall–Kier alpha value is 0.0300. The molecule has 0 rings (SSSR count). The summed E-state index contributed by atoms with van der Waals surface area (Å²) in [5.74, 6) is 0. The predicted octanol–water partition coefficient (Wildman–Crippen LogP) is 1.66. The highest BCUT2D eigenvalue weighted by Crippen LogP contribution is 2.06. The summed E-state index contributed by atoms with van der Waals surface area (Å²) in [6.45, 7) is 4.17. The van der Waals surface area contributed by atoms with Gasteiger partial charge in [-0.15, -0.1) is 0 Å². The topological polar surface area (TPSA) is 61.4 Å². The number of unbranched alkanes of at least 4 members (excludes halogenated alkanes) is 1. The van der Waals surface area contributed by atoms with Gasteiger partial charge in [0.25, 0.3) is 0 Å². The van der Waals surface area contributed by atoms with E-state index in [4.69, 9.17) is 0 Å². The summed E-state index contributed by atoms with van der Waals surface area (Å²) < 4.78 is 24.5. The quantitative estimate of drug-likeness (QED) is 0.487. The maximum Gasteiger partial charge on any atom is 0.105 e. The zero-order chi connectivity index (χ0) is 10.1. The third kappa shape index (κ3) is 8.36. The Morgan fingerprint density at radius 2 is 2.08 bits per heavy atom. The highest BCUT2D eigenvalue weighted by molar-refractivity contribution is 7.74. The Balaban J connectivity index is 3.59. The van der Waals surface area contributed by atoms with E-state index in [-0.39, 0.29) is 6.04 Å². The molecule has 80 valence electrons. The Bertz CT molecular complexity index is 143. The van der Waals surface area contributed by atoms with Crippen molar-refractivity contribution in [3.63, 3.8) is 0 Å². The normalized spacial score (nSPS) is 15.6. The van der Waals surface area contributed by atoms with Crippen LogP contribution in [0.1, 0.15) is 46.0 Å². The third-order valence-electron chi connectivity index (χ3n) is 1.83. The first-order chi connectivity index (χ1) is 6.20. The van der Waals surface area contributed by atoms with Gasteiger partial charge in [0.2, 0.25) is 0 Å². The molecule has 0 aliphatic rings. The summed E-state index contributed by atoms with van der Waals surface area (Å²) in [5.41, 5.74) is 2.54. The summed E-state index contributed by atoms with van der Waals surface area (Å²) >= 11 is -2.46. The molecule has 0 aromatic carbocycles. The molecule has 2 unspecified atom stereocenters. The highest BCUT2D eigenvalue weighted by atomic mass is 32.2. The van der Waals surface area contributed by atoms with E-state index >= 15 is 0 Å². The van der Waals surface area contributed by atoms with Crippen molar-refractivity contribution in [1.82, 2.24) is 5.48 Å². The fraction of sp³-hybridized carbons (Fsp3) is 1.00. The molecule has 0 saturated heterocycles. The van der Waals surface area contributed by atoms with Crippen molar-refractivity contribution in [3.8, 4) is 0 Å². The predicted molar refractivity (Wildman–Crippen MR) is 51.4 cm³/mol. The SMILES string of the molecule is CCCCC(CCC)NOS(=O)[O-]. The second kappa shape index (κ2) is 8.62. The molecular formula is C8H18NO3S-. The molecule has 0 aliphatic carbocycles. The largest absolute Gasteiger partial charge is 0.748 e. The van der Waals surface area contributed by atoms with Crippen LogP contribution in [0.3, 0.4) is 0 Å². The molecule has 0 bridgehead atoms. The average molecular weight is 208 g/mol. The van der Waals surface area contributed by atoms with E-state index in [2.05, 4.69) is 23.6 Å². The Labute approximate surface area is 82.5 Å². The Morgan fingerprint density at radius 1 is 1.38 bits per heavy atom. The van der Waals surface area contributed by atoms with E-state index in [1.165, 1.54) is 0 Å². The van der Waals surface area contributed by atoms with Crippen LogP contribution < -0.4 is 5.48 Å². The standard InChI is InChI=1S/C8H19NO3S/c1-3-5-7-8(6-4-2)9-12-13(10)11/h8-9H,3-7H2,1-2H3,(H,10,11)/p-1. The molecule has 0 amide bonds. The molecule has 0 heterocycles. The molecule has 0 saturated carbocycles. The minimum Gasteiger partial charge on any atom is -0.748 e. The van der Waals surface area contributed by atoms with E-state index in [1.807, 2.05) is 0 Å². The van der Waals surface area contributed by atoms with Gasteiger partial charge in [-0.1, -0.05) is 33.1 Å². The Morgan fingerprint density at radius 3 is 2.54 bits per heavy atom. The molecule has 1 N–H and O–H groups in total. The van der Waals surface area contributed by atoms with Crippen molar-refractivity contribution in [2.24, 2.45) is 0 Å². The lowest BCUT2D eigenvalue weighted by Gasteiger charge is -2.17. The van der Waals surface area contributed by atoms with Crippen LogP contribution in [0.4, 0.5) is 0 Å². The van der Waals surface area contributed by atoms with E-state index in [0.29, 0.717) is 0 Å². The summed E-state index contributed by atoms with van der Waals surface area (Å²) in [5, 5.41) is 0. The van der Waals surface area contributed by atoms with Gasteiger partial charge in [0.05, 0.1) is 0 Å². The van der Waals surface area contributed by atoms with Gasteiger partial charge in [-0.25, -0.2) is 8.49 Å². The van der Waals surface area contributed by atoms with Gasteiger partial charge in [-0.2, -0.15) is 5.48 Å². The molecule has 0 aromatic heterocycles. The van der Waals surface area contributed by atoms with E-state index in [0.717, 1.165) is 32.1 Å². The first-order valence-electron chi connectivity index (χ1n) is 4.72. The van der Waals surface area contributed by atoms with Crippen LogP contribution in [0.5, 0.6) is 0 Å². The van der Waals surface area contributed by atoms with Crippen molar-refractivity contribution < 1.29 is 13.0 Å². The third-order valence-corrected chi connectivity index (χ3v) is 2.06. The highest BCUT2D eigenvalue weighted by Gasteiger charge is 2.06. The van der Waals surface area contributed by atoms with Gasteiger partial charge in [-0.05, 0) is 12.8 Å². The monoisotopic (exact) mass is 208 g/mol. The average Bonchev–Trinajstić information content (AvgIpc) is 2.09. The van der Waals surface area contributed by atoms with Gasteiger partial charge in [0.15, 0.2) is 0 Å². The number of hydrogen-bond acceptors (Lipinski definition) is 4. The summed E-state index contributed by atoms with van der Waals surface area (Å²) in [6.07, 6.45) is 5.13. The van der Waals surface area contributed by atoms with Crippen LogP contribution in [0.2, 0.25) is 0 Å². The smallest absolute Gasteiger partial charge is 0.105 e. The van der Waals surface area contributed by atoms with Crippen LogP contribution in [-0.4, -0.2) is 14.8 Å². The van der Waals surface area contributed by atoms with Crippen LogP contribution in [0.25, 0.3) is 0 Å². The number of hydrogen-bond donors (Lipinski definition) is 1. The molecule has 0 aromatic rings. The van der Waals surface area contributed by atoms with E-state index < -0.39 is 11.4 Å². The summed E-state index contributed by atoms with van der Waals surface area (Å²) in [4.78, 5) is 0. The van der Waals surface area contributed by atoms with Crippen molar-refractivity contribution >= 4 is 11.4 Å². The number of rotatable bonds is 8. The number of nitrogens with one attached hydrogen (secondary N) is 1. The van der Waals surface area contributed by atoms with Crippen molar-refractivity contribution in [2.75, 3.05) is 0 Å². The molecule has 0 spiro atoms. The lowest BCUT2D eigenvalue weighted by Crippen LogP contribution is -2.29. The van der Waals surface area contributed by atoms with Crippen molar-refractivity contribution in [1.29, 1.82) is 0 Å². The molecule has 4 nitrogen and oxygen atoms in total. The van der Waals surface area contributed by atoms with Crippen LogP contribution in [0.15, 0.2) is 0 Å². The van der Waals surface area contributed by atoms with Crippen LogP contribution in [-0.2, 0) is 15.6 Å². The zero-order valence-corrected chi connectivity index (χ0v) is 9.06. The maximum absolute atomic E-state index is 10.1. The van der Waals surface area contributed by atoms with Crippen LogP contribution >= 0.6 is 0 Å². The lowest BCUT2D eigenvalue weighted by molar-refractivity contribution is 0.145.